The van der Waals surface area contributed by atoms with Gasteiger partial charge in [-0.1, -0.05) is 6.07 Å². The molecule has 1 amide bonds. The maximum atomic E-state index is 12.7. The number of carbonyl (C=O) groups is 2. The predicted molar refractivity (Wildman–Crippen MR) is 94.3 cm³/mol. The number of carboxylic acids is 1. The number of fused-ring (bicyclic) bond motifs is 1. The van der Waals surface area contributed by atoms with Crippen molar-refractivity contribution < 1.29 is 28.9 Å². The molecule has 0 aromatic heterocycles. The summed E-state index contributed by atoms with van der Waals surface area (Å²) in [6, 6.07) is 5.52. The summed E-state index contributed by atoms with van der Waals surface area (Å²) in [6.45, 7) is 2.42. The van der Waals surface area contributed by atoms with E-state index in [1.54, 1.807) is 11.0 Å². The van der Waals surface area contributed by atoms with Gasteiger partial charge in [-0.2, -0.15) is 0 Å². The Morgan fingerprint density at radius 1 is 1.12 bits per heavy atom. The molecule has 2 aliphatic rings. The molecule has 3 rings (SSSR count). The molecular weight excluding hydrogens is 338 g/mol. The summed E-state index contributed by atoms with van der Waals surface area (Å²) in [5, 5.41) is 8.96. The molecule has 0 spiro atoms. The van der Waals surface area contributed by atoms with Crippen LogP contribution in [0.3, 0.4) is 0 Å². The van der Waals surface area contributed by atoms with Crippen LogP contribution in [0.5, 0.6) is 11.5 Å². The van der Waals surface area contributed by atoms with E-state index in [4.69, 9.17) is 19.3 Å². The second-order valence-electron chi connectivity index (χ2n) is 6.26. The van der Waals surface area contributed by atoms with Gasteiger partial charge in [-0.05, 0) is 36.6 Å². The van der Waals surface area contributed by atoms with Crippen molar-refractivity contribution >= 4 is 18.0 Å². The van der Waals surface area contributed by atoms with E-state index in [2.05, 4.69) is 0 Å². The highest BCUT2D eigenvalue weighted by molar-refractivity contribution is 5.92. The molecule has 0 unspecified atom stereocenters. The minimum absolute atomic E-state index is 0.0144. The quantitative estimate of drug-likeness (QED) is 0.780. The number of carboxylic acid groups (broad SMARTS) is 1. The molecule has 1 aromatic rings. The zero-order valence-corrected chi connectivity index (χ0v) is 14.6. The van der Waals surface area contributed by atoms with Gasteiger partial charge in [0.15, 0.2) is 11.5 Å². The zero-order chi connectivity index (χ0) is 18.4. The standard InChI is InChI=1S/C19H23NO6/c21-18(20(8-5-19(22)23)15-6-9-24-10-7-15)4-2-14-1-3-16-17(13-14)26-12-11-25-16/h1-4,13,15H,5-12H2,(H,22,23)/b4-2+. The van der Waals surface area contributed by atoms with Crippen molar-refractivity contribution in [3.8, 4) is 11.5 Å². The lowest BCUT2D eigenvalue weighted by atomic mass is 10.1. The van der Waals surface area contributed by atoms with Crippen molar-refractivity contribution in [1.82, 2.24) is 4.90 Å². The van der Waals surface area contributed by atoms with Crippen molar-refractivity contribution in [2.24, 2.45) is 0 Å². The lowest BCUT2D eigenvalue weighted by Gasteiger charge is -2.33. The van der Waals surface area contributed by atoms with Crippen molar-refractivity contribution in [2.45, 2.75) is 25.3 Å². The second-order valence-corrected chi connectivity index (χ2v) is 6.26. The summed E-state index contributed by atoms with van der Waals surface area (Å²) in [7, 11) is 0. The van der Waals surface area contributed by atoms with Crippen molar-refractivity contribution in [3.05, 3.63) is 29.8 Å². The van der Waals surface area contributed by atoms with Gasteiger partial charge in [-0.25, -0.2) is 0 Å². The topological polar surface area (TPSA) is 85.3 Å². The molecule has 7 heteroatoms. The average molecular weight is 361 g/mol. The highest BCUT2D eigenvalue weighted by atomic mass is 16.6. The van der Waals surface area contributed by atoms with Gasteiger partial charge in [0.2, 0.25) is 5.91 Å². The first-order chi connectivity index (χ1) is 12.6. The Hall–Kier alpha value is -2.54. The van der Waals surface area contributed by atoms with Crippen LogP contribution in [-0.4, -0.2) is 60.9 Å². The third-order valence-corrected chi connectivity index (χ3v) is 4.47. The summed E-state index contributed by atoms with van der Waals surface area (Å²) in [5.74, 6) is 0.266. The van der Waals surface area contributed by atoms with Crippen LogP contribution in [-0.2, 0) is 14.3 Å². The number of carbonyl (C=O) groups excluding carboxylic acids is 1. The molecule has 140 valence electrons. The number of aliphatic carboxylic acids is 1. The highest BCUT2D eigenvalue weighted by Crippen LogP contribution is 2.31. The molecule has 0 aliphatic carbocycles. The number of hydrogen-bond donors (Lipinski definition) is 1. The SMILES string of the molecule is O=C(O)CCN(C(=O)/C=C/c1ccc2c(c1)OCCO2)C1CCOCC1. The highest BCUT2D eigenvalue weighted by Gasteiger charge is 2.25. The van der Waals surface area contributed by atoms with Crippen LogP contribution >= 0.6 is 0 Å². The van der Waals surface area contributed by atoms with Crippen LogP contribution < -0.4 is 9.47 Å². The molecule has 1 aromatic carbocycles. The fourth-order valence-corrected chi connectivity index (χ4v) is 3.11. The van der Waals surface area contributed by atoms with E-state index >= 15 is 0 Å². The maximum Gasteiger partial charge on any atom is 0.305 e. The molecule has 1 saturated heterocycles. The van der Waals surface area contributed by atoms with E-state index in [1.165, 1.54) is 6.08 Å². The van der Waals surface area contributed by atoms with Gasteiger partial charge in [0, 0.05) is 31.9 Å². The Labute approximate surface area is 152 Å². The van der Waals surface area contributed by atoms with Crippen LogP contribution in [0.4, 0.5) is 0 Å². The minimum Gasteiger partial charge on any atom is -0.486 e. The predicted octanol–water partition coefficient (Wildman–Crippen LogP) is 1.95. The van der Waals surface area contributed by atoms with Crippen LogP contribution in [0, 0.1) is 0 Å². The zero-order valence-electron chi connectivity index (χ0n) is 14.6. The van der Waals surface area contributed by atoms with Crippen LogP contribution in [0.1, 0.15) is 24.8 Å². The van der Waals surface area contributed by atoms with Crippen LogP contribution in [0.2, 0.25) is 0 Å². The first-order valence-corrected chi connectivity index (χ1v) is 8.81. The van der Waals surface area contributed by atoms with Crippen molar-refractivity contribution in [1.29, 1.82) is 0 Å². The minimum atomic E-state index is -0.911. The van der Waals surface area contributed by atoms with E-state index in [0.717, 1.165) is 18.4 Å². The molecule has 7 nitrogen and oxygen atoms in total. The Kier molecular flexibility index (Phi) is 6.12. The number of amides is 1. The maximum absolute atomic E-state index is 12.7. The van der Waals surface area contributed by atoms with Gasteiger partial charge in [-0.3, -0.25) is 9.59 Å². The molecule has 0 radical (unpaired) electrons. The smallest absolute Gasteiger partial charge is 0.305 e. The molecule has 2 heterocycles. The van der Waals surface area contributed by atoms with Crippen molar-refractivity contribution in [2.75, 3.05) is 33.0 Å². The Morgan fingerprint density at radius 2 is 1.85 bits per heavy atom. The lowest BCUT2D eigenvalue weighted by Crippen LogP contribution is -2.43. The number of benzene rings is 1. The summed E-state index contributed by atoms with van der Waals surface area (Å²) in [5.41, 5.74) is 0.827. The Balaban J connectivity index is 1.69. The molecule has 1 fully saturated rings. The molecule has 1 N–H and O–H groups in total. The van der Waals surface area contributed by atoms with E-state index in [0.29, 0.717) is 37.9 Å². The van der Waals surface area contributed by atoms with Gasteiger partial charge in [0.1, 0.15) is 13.2 Å². The van der Waals surface area contributed by atoms with Gasteiger partial charge in [0.25, 0.3) is 0 Å². The number of nitrogens with zero attached hydrogens (tertiary/aromatic N) is 1. The summed E-state index contributed by atoms with van der Waals surface area (Å²) < 4.78 is 16.4. The van der Waals surface area contributed by atoms with Gasteiger partial charge in [-0.15, -0.1) is 0 Å². The normalized spacial score (nSPS) is 17.2. The second kappa shape index (κ2) is 8.71. The molecule has 0 saturated carbocycles. The third kappa shape index (κ3) is 4.76. The van der Waals surface area contributed by atoms with E-state index in [-0.39, 0.29) is 24.9 Å². The molecule has 0 bridgehead atoms. The first-order valence-electron chi connectivity index (χ1n) is 8.81. The molecule has 0 atom stereocenters. The van der Waals surface area contributed by atoms with E-state index < -0.39 is 5.97 Å². The Bertz CT molecular complexity index is 681. The van der Waals surface area contributed by atoms with Gasteiger partial charge < -0.3 is 24.2 Å². The largest absolute Gasteiger partial charge is 0.486 e. The fraction of sp³-hybridized carbons (Fsp3) is 0.474. The number of rotatable bonds is 6. The molecule has 26 heavy (non-hydrogen) atoms. The van der Waals surface area contributed by atoms with E-state index in [1.807, 2.05) is 18.2 Å². The summed E-state index contributed by atoms with van der Waals surface area (Å²) in [6.07, 6.45) is 4.59. The van der Waals surface area contributed by atoms with Crippen LogP contribution in [0.25, 0.3) is 6.08 Å². The fourth-order valence-electron chi connectivity index (χ4n) is 3.11. The third-order valence-electron chi connectivity index (χ3n) is 4.47. The lowest BCUT2D eigenvalue weighted by molar-refractivity contribution is -0.138. The Morgan fingerprint density at radius 3 is 2.58 bits per heavy atom. The number of ether oxygens (including phenoxy) is 3. The van der Waals surface area contributed by atoms with Crippen molar-refractivity contribution in [3.63, 3.8) is 0 Å². The number of hydrogen-bond acceptors (Lipinski definition) is 5. The van der Waals surface area contributed by atoms with Gasteiger partial charge in [0.05, 0.1) is 6.42 Å². The van der Waals surface area contributed by atoms with Gasteiger partial charge >= 0.3 is 5.97 Å². The monoisotopic (exact) mass is 361 g/mol. The summed E-state index contributed by atoms with van der Waals surface area (Å²) >= 11 is 0. The summed E-state index contributed by atoms with van der Waals surface area (Å²) in [4.78, 5) is 25.2. The average Bonchev–Trinajstić information content (AvgIpc) is 2.67. The first kappa shape index (κ1) is 18.3. The molecular formula is C19H23NO6. The van der Waals surface area contributed by atoms with Crippen LogP contribution in [0.15, 0.2) is 24.3 Å². The molecule has 2 aliphatic heterocycles. The van der Waals surface area contributed by atoms with E-state index in [9.17, 15) is 9.59 Å².